The summed E-state index contributed by atoms with van der Waals surface area (Å²) in [4.78, 5) is 7.28. The van der Waals surface area contributed by atoms with Gasteiger partial charge in [0.25, 0.3) is 0 Å². The molecular weight excluding hydrogens is 254 g/mol. The van der Waals surface area contributed by atoms with Crippen molar-refractivity contribution in [3.05, 3.63) is 11.1 Å². The van der Waals surface area contributed by atoms with E-state index >= 15 is 0 Å². The standard InChI is InChI=1S/C15H29N3S/c1-5-8-10-18(11-9-6-2)15-17-14(12-19-15)13(4)16-7-3/h12-13,16H,5-11H2,1-4H3. The van der Waals surface area contributed by atoms with E-state index in [4.69, 9.17) is 4.98 Å². The van der Waals surface area contributed by atoms with Crippen LogP contribution in [0.2, 0.25) is 0 Å². The highest BCUT2D eigenvalue weighted by Gasteiger charge is 2.13. The smallest absolute Gasteiger partial charge is 0.185 e. The average Bonchev–Trinajstić information content (AvgIpc) is 2.89. The molecule has 0 radical (unpaired) electrons. The average molecular weight is 283 g/mol. The Labute approximate surface area is 122 Å². The van der Waals surface area contributed by atoms with Crippen molar-refractivity contribution in [3.8, 4) is 0 Å². The normalized spacial score (nSPS) is 12.6. The fourth-order valence-corrected chi connectivity index (χ4v) is 3.00. The van der Waals surface area contributed by atoms with Gasteiger partial charge in [0, 0.05) is 24.5 Å². The van der Waals surface area contributed by atoms with Crippen LogP contribution in [0.1, 0.15) is 65.1 Å². The Morgan fingerprint density at radius 3 is 2.37 bits per heavy atom. The minimum atomic E-state index is 0.356. The lowest BCUT2D eigenvalue weighted by Gasteiger charge is -2.21. The van der Waals surface area contributed by atoms with E-state index in [2.05, 4.69) is 43.3 Å². The highest BCUT2D eigenvalue weighted by molar-refractivity contribution is 7.13. The summed E-state index contributed by atoms with van der Waals surface area (Å²) in [6, 6.07) is 0.356. The first-order chi connectivity index (χ1) is 9.22. The molecule has 19 heavy (non-hydrogen) atoms. The van der Waals surface area contributed by atoms with Crippen molar-refractivity contribution in [2.24, 2.45) is 0 Å². The van der Waals surface area contributed by atoms with E-state index in [1.807, 2.05) is 0 Å². The summed E-state index contributed by atoms with van der Waals surface area (Å²) in [5, 5.41) is 6.82. The number of unbranched alkanes of at least 4 members (excludes halogenated alkanes) is 2. The van der Waals surface area contributed by atoms with Gasteiger partial charge in [-0.3, -0.25) is 0 Å². The van der Waals surface area contributed by atoms with Crippen LogP contribution in [0.4, 0.5) is 5.13 Å². The maximum absolute atomic E-state index is 4.82. The molecule has 1 aromatic rings. The molecule has 1 N–H and O–H groups in total. The zero-order valence-electron chi connectivity index (χ0n) is 12.9. The van der Waals surface area contributed by atoms with E-state index in [0.29, 0.717) is 6.04 Å². The lowest BCUT2D eigenvalue weighted by atomic mass is 10.2. The highest BCUT2D eigenvalue weighted by atomic mass is 32.1. The molecule has 0 bridgehead atoms. The zero-order chi connectivity index (χ0) is 14.1. The van der Waals surface area contributed by atoms with Crippen LogP contribution < -0.4 is 10.2 Å². The van der Waals surface area contributed by atoms with Crippen molar-refractivity contribution >= 4 is 16.5 Å². The van der Waals surface area contributed by atoms with E-state index < -0.39 is 0 Å². The highest BCUT2D eigenvalue weighted by Crippen LogP contribution is 2.24. The van der Waals surface area contributed by atoms with Gasteiger partial charge in [-0.15, -0.1) is 11.3 Å². The van der Waals surface area contributed by atoms with Gasteiger partial charge in [-0.2, -0.15) is 0 Å². The van der Waals surface area contributed by atoms with E-state index in [1.165, 1.54) is 36.5 Å². The molecule has 0 amide bonds. The van der Waals surface area contributed by atoms with E-state index in [9.17, 15) is 0 Å². The molecule has 0 spiro atoms. The number of nitrogens with one attached hydrogen (secondary N) is 1. The van der Waals surface area contributed by atoms with Crippen LogP contribution in [-0.4, -0.2) is 24.6 Å². The van der Waals surface area contributed by atoms with Crippen LogP contribution >= 0.6 is 11.3 Å². The van der Waals surface area contributed by atoms with Gasteiger partial charge in [-0.1, -0.05) is 33.6 Å². The van der Waals surface area contributed by atoms with Crippen LogP contribution in [0.5, 0.6) is 0 Å². The van der Waals surface area contributed by atoms with Crippen molar-refractivity contribution in [2.45, 2.75) is 59.4 Å². The predicted molar refractivity (Wildman–Crippen MR) is 86.2 cm³/mol. The maximum Gasteiger partial charge on any atom is 0.185 e. The monoisotopic (exact) mass is 283 g/mol. The molecule has 0 saturated heterocycles. The second-order valence-electron chi connectivity index (χ2n) is 5.03. The number of rotatable bonds is 10. The van der Waals surface area contributed by atoms with Gasteiger partial charge < -0.3 is 10.2 Å². The Hall–Kier alpha value is -0.610. The first-order valence-corrected chi connectivity index (χ1v) is 8.54. The lowest BCUT2D eigenvalue weighted by molar-refractivity contribution is 0.585. The third-order valence-corrected chi connectivity index (χ3v) is 4.22. The molecular formula is C15H29N3S. The molecule has 0 aliphatic carbocycles. The van der Waals surface area contributed by atoms with Gasteiger partial charge in [0.15, 0.2) is 5.13 Å². The molecule has 4 heteroatoms. The van der Waals surface area contributed by atoms with Crippen LogP contribution in [0, 0.1) is 0 Å². The number of anilines is 1. The van der Waals surface area contributed by atoms with Crippen molar-refractivity contribution in [1.82, 2.24) is 10.3 Å². The topological polar surface area (TPSA) is 28.2 Å². The van der Waals surface area contributed by atoms with Crippen LogP contribution in [0.15, 0.2) is 5.38 Å². The summed E-state index contributed by atoms with van der Waals surface area (Å²) in [6.45, 7) is 12.1. The SMILES string of the molecule is CCCCN(CCCC)c1nc(C(C)NCC)cs1. The fraction of sp³-hybridized carbons (Fsp3) is 0.800. The van der Waals surface area contributed by atoms with Crippen LogP contribution in [0.25, 0.3) is 0 Å². The fourth-order valence-electron chi connectivity index (χ4n) is 2.03. The minimum Gasteiger partial charge on any atom is -0.348 e. The Bertz CT molecular complexity index is 330. The second kappa shape index (κ2) is 9.32. The van der Waals surface area contributed by atoms with Crippen molar-refractivity contribution < 1.29 is 0 Å². The van der Waals surface area contributed by atoms with Gasteiger partial charge >= 0.3 is 0 Å². The molecule has 0 aliphatic rings. The van der Waals surface area contributed by atoms with E-state index in [-0.39, 0.29) is 0 Å². The van der Waals surface area contributed by atoms with Crippen molar-refractivity contribution in [2.75, 3.05) is 24.5 Å². The Morgan fingerprint density at radius 2 is 1.84 bits per heavy atom. The number of hydrogen-bond donors (Lipinski definition) is 1. The largest absolute Gasteiger partial charge is 0.348 e. The van der Waals surface area contributed by atoms with Gasteiger partial charge in [-0.25, -0.2) is 4.98 Å². The van der Waals surface area contributed by atoms with Crippen molar-refractivity contribution in [1.29, 1.82) is 0 Å². The summed E-state index contributed by atoms with van der Waals surface area (Å²) < 4.78 is 0. The molecule has 0 aliphatic heterocycles. The Morgan fingerprint density at radius 1 is 1.21 bits per heavy atom. The Kier molecular flexibility index (Phi) is 8.07. The van der Waals surface area contributed by atoms with E-state index in [0.717, 1.165) is 19.6 Å². The summed E-state index contributed by atoms with van der Waals surface area (Å²) in [6.07, 6.45) is 4.99. The zero-order valence-corrected chi connectivity index (χ0v) is 13.7. The molecule has 1 atom stereocenters. The molecule has 0 fully saturated rings. The van der Waals surface area contributed by atoms with Crippen LogP contribution in [0.3, 0.4) is 0 Å². The van der Waals surface area contributed by atoms with Gasteiger partial charge in [0.2, 0.25) is 0 Å². The molecule has 110 valence electrons. The van der Waals surface area contributed by atoms with Gasteiger partial charge in [0.05, 0.1) is 5.69 Å². The summed E-state index contributed by atoms with van der Waals surface area (Å²) in [5.74, 6) is 0. The van der Waals surface area contributed by atoms with Gasteiger partial charge in [0.1, 0.15) is 0 Å². The number of hydrogen-bond acceptors (Lipinski definition) is 4. The first kappa shape index (κ1) is 16.4. The van der Waals surface area contributed by atoms with Gasteiger partial charge in [-0.05, 0) is 26.3 Å². The van der Waals surface area contributed by atoms with Crippen LogP contribution in [-0.2, 0) is 0 Å². The number of nitrogens with zero attached hydrogens (tertiary/aromatic N) is 2. The third kappa shape index (κ3) is 5.49. The summed E-state index contributed by atoms with van der Waals surface area (Å²) in [5.41, 5.74) is 1.18. The summed E-state index contributed by atoms with van der Waals surface area (Å²) >= 11 is 1.79. The third-order valence-electron chi connectivity index (χ3n) is 3.30. The number of aromatic nitrogens is 1. The molecule has 1 rings (SSSR count). The minimum absolute atomic E-state index is 0.356. The molecule has 1 heterocycles. The Balaban J connectivity index is 2.66. The quantitative estimate of drug-likeness (QED) is 0.697. The predicted octanol–water partition coefficient (Wildman–Crippen LogP) is 4.22. The lowest BCUT2D eigenvalue weighted by Crippen LogP contribution is -2.25. The molecule has 0 saturated carbocycles. The first-order valence-electron chi connectivity index (χ1n) is 7.66. The maximum atomic E-state index is 4.82. The molecule has 3 nitrogen and oxygen atoms in total. The molecule has 0 aromatic carbocycles. The molecule has 1 aromatic heterocycles. The summed E-state index contributed by atoms with van der Waals surface area (Å²) in [7, 11) is 0. The second-order valence-corrected chi connectivity index (χ2v) is 5.87. The van der Waals surface area contributed by atoms with E-state index in [1.54, 1.807) is 11.3 Å². The molecule has 1 unspecified atom stereocenters. The number of thiazole rings is 1. The van der Waals surface area contributed by atoms with Crippen molar-refractivity contribution in [3.63, 3.8) is 0 Å².